The summed E-state index contributed by atoms with van der Waals surface area (Å²) < 4.78 is 10.6. The van der Waals surface area contributed by atoms with Gasteiger partial charge in [-0.2, -0.15) is 10.5 Å². The van der Waals surface area contributed by atoms with Crippen LogP contribution in [0.3, 0.4) is 0 Å². The molecule has 9 heteroatoms. The molecule has 0 amide bonds. The third-order valence-corrected chi connectivity index (χ3v) is 5.79. The Bertz CT molecular complexity index is 1240. The van der Waals surface area contributed by atoms with Gasteiger partial charge in [-0.3, -0.25) is 4.90 Å². The van der Waals surface area contributed by atoms with Gasteiger partial charge in [0.1, 0.15) is 11.5 Å². The average Bonchev–Trinajstić information content (AvgIpc) is 2.82. The summed E-state index contributed by atoms with van der Waals surface area (Å²) >= 11 is 1.99. The number of nitrogens with two attached hydrogens (primary N) is 1. The lowest BCUT2D eigenvalue weighted by Gasteiger charge is -2.36. The van der Waals surface area contributed by atoms with Crippen LogP contribution in [-0.4, -0.2) is 26.2 Å². The van der Waals surface area contributed by atoms with Crippen molar-refractivity contribution >= 4 is 40.2 Å². The van der Waals surface area contributed by atoms with Crippen LogP contribution in [0.15, 0.2) is 71.2 Å². The largest absolute Gasteiger partial charge is 0.466 e. The zero-order chi connectivity index (χ0) is 23.4. The van der Waals surface area contributed by atoms with Gasteiger partial charge in [0.25, 0.3) is 0 Å². The molecular formula is C23H17IN4O4. The van der Waals surface area contributed by atoms with Crippen molar-refractivity contribution in [1.29, 1.82) is 10.5 Å². The highest BCUT2D eigenvalue weighted by atomic mass is 127. The smallest absolute Gasteiger partial charge is 0.355 e. The highest BCUT2D eigenvalue weighted by molar-refractivity contribution is 14.1. The molecule has 160 valence electrons. The lowest BCUT2D eigenvalue weighted by Crippen LogP contribution is -2.41. The van der Waals surface area contributed by atoms with E-state index in [1.165, 1.54) is 19.1 Å². The minimum absolute atomic E-state index is 0.0305. The van der Waals surface area contributed by atoms with Gasteiger partial charge in [0.15, 0.2) is 0 Å². The van der Waals surface area contributed by atoms with Crippen LogP contribution in [0.1, 0.15) is 17.0 Å². The molecule has 0 radical (unpaired) electrons. The Morgan fingerprint density at radius 3 is 2.22 bits per heavy atom. The SMILES string of the molecule is COC(=O)C1=C(C(=O)OC)N(c2ccc(C#N)cc2I)C(N)=C(C#N)C1c1ccccc1. The summed E-state index contributed by atoms with van der Waals surface area (Å²) in [5.41, 5.74) is 7.67. The third-order valence-electron chi connectivity index (χ3n) is 4.93. The fourth-order valence-electron chi connectivity index (χ4n) is 3.52. The Kier molecular flexibility index (Phi) is 6.81. The van der Waals surface area contributed by atoms with Crippen molar-refractivity contribution in [3.63, 3.8) is 0 Å². The van der Waals surface area contributed by atoms with Gasteiger partial charge in [-0.1, -0.05) is 30.3 Å². The van der Waals surface area contributed by atoms with E-state index in [-0.39, 0.29) is 22.7 Å². The number of hydrogen-bond donors (Lipinski definition) is 1. The number of hydrogen-bond acceptors (Lipinski definition) is 8. The first-order valence-electron chi connectivity index (χ1n) is 9.24. The number of methoxy groups -OCH3 is 2. The number of ether oxygens (including phenoxy) is 2. The van der Waals surface area contributed by atoms with Gasteiger partial charge in [0.05, 0.1) is 54.7 Å². The van der Waals surface area contributed by atoms with E-state index in [4.69, 9.17) is 15.2 Å². The Labute approximate surface area is 198 Å². The van der Waals surface area contributed by atoms with E-state index in [1.54, 1.807) is 48.5 Å². The summed E-state index contributed by atoms with van der Waals surface area (Å²) in [6.07, 6.45) is 0. The van der Waals surface area contributed by atoms with Crippen LogP contribution in [0.2, 0.25) is 0 Å². The van der Waals surface area contributed by atoms with Crippen LogP contribution < -0.4 is 10.6 Å². The van der Waals surface area contributed by atoms with Crippen LogP contribution in [0.25, 0.3) is 0 Å². The van der Waals surface area contributed by atoms with Crippen LogP contribution in [0, 0.1) is 26.2 Å². The number of benzene rings is 2. The summed E-state index contributed by atoms with van der Waals surface area (Å²) in [7, 11) is 2.37. The van der Waals surface area contributed by atoms with E-state index in [0.717, 1.165) is 0 Å². The maximum Gasteiger partial charge on any atom is 0.355 e. The Morgan fingerprint density at radius 2 is 1.69 bits per heavy atom. The first-order chi connectivity index (χ1) is 15.4. The number of nitriles is 2. The Morgan fingerprint density at radius 1 is 1.03 bits per heavy atom. The second-order valence-corrected chi connectivity index (χ2v) is 7.78. The number of carbonyl (C=O) groups excluding carboxylic acids is 2. The van der Waals surface area contributed by atoms with Gasteiger partial charge in [0, 0.05) is 3.57 Å². The second kappa shape index (κ2) is 9.54. The maximum atomic E-state index is 13.0. The number of anilines is 1. The summed E-state index contributed by atoms with van der Waals surface area (Å²) in [4.78, 5) is 27.3. The van der Waals surface area contributed by atoms with Crippen LogP contribution in [0.5, 0.6) is 0 Å². The number of allylic oxidation sites excluding steroid dienone is 1. The van der Waals surface area contributed by atoms with Gasteiger partial charge in [-0.15, -0.1) is 0 Å². The molecule has 0 saturated heterocycles. The molecule has 2 aromatic rings. The average molecular weight is 540 g/mol. The molecule has 0 saturated carbocycles. The van der Waals surface area contributed by atoms with Gasteiger partial charge in [0.2, 0.25) is 0 Å². The van der Waals surface area contributed by atoms with E-state index < -0.39 is 17.9 Å². The molecule has 0 spiro atoms. The predicted molar refractivity (Wildman–Crippen MR) is 123 cm³/mol. The minimum atomic E-state index is -0.935. The van der Waals surface area contributed by atoms with Crippen molar-refractivity contribution in [1.82, 2.24) is 0 Å². The Hall–Kier alpha value is -3.83. The topological polar surface area (TPSA) is 129 Å². The predicted octanol–water partition coefficient (Wildman–Crippen LogP) is 3.06. The quantitative estimate of drug-likeness (QED) is 0.463. The van der Waals surface area contributed by atoms with E-state index in [1.807, 2.05) is 28.7 Å². The first-order valence-corrected chi connectivity index (χ1v) is 10.3. The van der Waals surface area contributed by atoms with E-state index in [9.17, 15) is 20.1 Å². The fraction of sp³-hybridized carbons (Fsp3) is 0.130. The van der Waals surface area contributed by atoms with E-state index in [2.05, 4.69) is 6.07 Å². The first kappa shape index (κ1) is 22.8. The zero-order valence-corrected chi connectivity index (χ0v) is 19.3. The molecule has 0 aliphatic carbocycles. The lowest BCUT2D eigenvalue weighted by atomic mass is 9.81. The van der Waals surface area contributed by atoms with Crippen molar-refractivity contribution in [3.8, 4) is 12.1 Å². The molecule has 1 unspecified atom stereocenters. The van der Waals surface area contributed by atoms with Crippen molar-refractivity contribution in [2.45, 2.75) is 5.92 Å². The second-order valence-electron chi connectivity index (χ2n) is 6.61. The molecule has 2 N–H and O–H groups in total. The van der Waals surface area contributed by atoms with Gasteiger partial charge in [-0.25, -0.2) is 9.59 Å². The van der Waals surface area contributed by atoms with E-state index >= 15 is 0 Å². The summed E-state index contributed by atoms with van der Waals surface area (Å²) in [5.74, 6) is -2.59. The molecule has 0 aromatic heterocycles. The van der Waals surface area contributed by atoms with Crippen LogP contribution >= 0.6 is 22.6 Å². The fourth-order valence-corrected chi connectivity index (χ4v) is 4.28. The van der Waals surface area contributed by atoms with Crippen molar-refractivity contribution in [2.24, 2.45) is 5.73 Å². The van der Waals surface area contributed by atoms with Gasteiger partial charge < -0.3 is 15.2 Å². The molecule has 0 fully saturated rings. The van der Waals surface area contributed by atoms with Crippen LogP contribution in [0.4, 0.5) is 5.69 Å². The number of carbonyl (C=O) groups is 2. The summed E-state index contributed by atoms with van der Waals surface area (Å²) in [6, 6.07) is 17.6. The highest BCUT2D eigenvalue weighted by Crippen LogP contribution is 2.44. The molecular weight excluding hydrogens is 523 g/mol. The molecule has 3 rings (SSSR count). The molecule has 2 aromatic carbocycles. The standard InChI is InChI=1S/C23H17IN4O4/c1-31-22(29)19-18(14-6-4-3-5-7-14)15(12-26)21(27)28(20(19)23(30)32-2)17-9-8-13(11-25)10-16(17)24/h3-10,18H,27H2,1-2H3. The van der Waals surface area contributed by atoms with E-state index in [0.29, 0.717) is 20.4 Å². The molecule has 0 bridgehead atoms. The van der Waals surface area contributed by atoms with Crippen molar-refractivity contribution in [3.05, 3.63) is 85.9 Å². The normalized spacial score (nSPS) is 15.7. The lowest BCUT2D eigenvalue weighted by molar-refractivity contribution is -0.139. The molecule has 8 nitrogen and oxygen atoms in total. The summed E-state index contributed by atoms with van der Waals surface area (Å²) in [6.45, 7) is 0. The molecule has 32 heavy (non-hydrogen) atoms. The molecule has 1 aliphatic rings. The monoisotopic (exact) mass is 540 g/mol. The maximum absolute atomic E-state index is 13.0. The zero-order valence-electron chi connectivity index (χ0n) is 17.1. The molecule has 1 heterocycles. The molecule has 1 aliphatic heterocycles. The number of nitrogens with zero attached hydrogens (tertiary/aromatic N) is 3. The minimum Gasteiger partial charge on any atom is -0.466 e. The van der Waals surface area contributed by atoms with Gasteiger partial charge in [-0.05, 0) is 46.4 Å². The van der Waals surface area contributed by atoms with Crippen molar-refractivity contribution < 1.29 is 19.1 Å². The number of rotatable bonds is 4. The van der Waals surface area contributed by atoms with Crippen LogP contribution in [-0.2, 0) is 19.1 Å². The number of halogens is 1. The number of esters is 2. The van der Waals surface area contributed by atoms with Gasteiger partial charge >= 0.3 is 11.9 Å². The highest BCUT2D eigenvalue weighted by Gasteiger charge is 2.43. The third kappa shape index (κ3) is 3.90. The van der Waals surface area contributed by atoms with Crippen molar-refractivity contribution in [2.75, 3.05) is 19.1 Å². The summed E-state index contributed by atoms with van der Waals surface area (Å²) in [5, 5.41) is 19.2. The Balaban J connectivity index is 2.43. The molecule has 1 atom stereocenters.